The van der Waals surface area contributed by atoms with E-state index in [1.807, 2.05) is 11.3 Å². The maximum absolute atomic E-state index is 6.37. The summed E-state index contributed by atoms with van der Waals surface area (Å²) in [6.07, 6.45) is 14.6. The van der Waals surface area contributed by atoms with Gasteiger partial charge >= 0.3 is 149 Å². The van der Waals surface area contributed by atoms with E-state index in [1.165, 1.54) is 67.1 Å². The second-order valence-corrected chi connectivity index (χ2v) is 26.4. The van der Waals surface area contributed by atoms with Gasteiger partial charge in [-0.2, -0.15) is 0 Å². The minimum absolute atomic E-state index is 0.0279. The van der Waals surface area contributed by atoms with Crippen LogP contribution in [0.1, 0.15) is 84.5 Å². The fraction of sp³-hybridized carbons (Fsp3) is 0.840. The van der Waals surface area contributed by atoms with Crippen LogP contribution in [0.5, 0.6) is 11.5 Å². The van der Waals surface area contributed by atoms with Crippen molar-refractivity contribution >= 4 is 32.6 Å². The Hall–Kier alpha value is 0.0587. The van der Waals surface area contributed by atoms with Gasteiger partial charge in [-0.15, -0.1) is 0 Å². The van der Waals surface area contributed by atoms with E-state index >= 15 is 0 Å². The quantitative estimate of drug-likeness (QED) is 0.170. The Morgan fingerprint density at radius 1 is 0.900 bits per heavy atom. The second kappa shape index (κ2) is 13.6. The van der Waals surface area contributed by atoms with Crippen LogP contribution < -0.4 is 12.4 Å². The van der Waals surface area contributed by atoms with Crippen LogP contribution in [0.2, 0.25) is 14.8 Å². The molecule has 3 nitrogen and oxygen atoms in total. The van der Waals surface area contributed by atoms with Crippen molar-refractivity contribution in [3.05, 3.63) is 5.38 Å². The fourth-order valence-corrected chi connectivity index (χ4v) is 11.0. The third-order valence-corrected chi connectivity index (χ3v) is 16.7. The van der Waals surface area contributed by atoms with Crippen molar-refractivity contribution in [2.45, 2.75) is 99.3 Å². The number of hydrogen-bond donors (Lipinski definition) is 0. The van der Waals surface area contributed by atoms with E-state index in [2.05, 4.69) is 34.0 Å². The molecule has 0 N–H and O–H groups in total. The molecule has 1 unspecified atom stereocenters. The predicted molar refractivity (Wildman–Crippen MR) is 134 cm³/mol. The molecule has 2 rings (SSSR count). The molecule has 1 aromatic heterocycles. The number of thiophene rings is 1. The van der Waals surface area contributed by atoms with E-state index in [0.717, 1.165) is 31.1 Å². The summed E-state index contributed by atoms with van der Waals surface area (Å²) in [4.78, 5) is 7.33. The van der Waals surface area contributed by atoms with Crippen molar-refractivity contribution < 1.29 is 14.2 Å². The van der Waals surface area contributed by atoms with Crippen LogP contribution in [-0.2, 0) is 4.74 Å². The van der Waals surface area contributed by atoms with Crippen molar-refractivity contribution in [2.24, 2.45) is 5.41 Å². The summed E-state index contributed by atoms with van der Waals surface area (Å²) in [6, 6.07) is 0. The van der Waals surface area contributed by atoms with Gasteiger partial charge in [-0.1, -0.05) is 45.4 Å². The van der Waals surface area contributed by atoms with Crippen LogP contribution in [-0.4, -0.2) is 44.8 Å². The minimum atomic E-state index is -2.18. The summed E-state index contributed by atoms with van der Waals surface area (Å²) >= 11 is -0.342. The van der Waals surface area contributed by atoms with Gasteiger partial charge < -0.3 is 0 Å². The van der Waals surface area contributed by atoms with Crippen molar-refractivity contribution in [1.82, 2.24) is 0 Å². The van der Waals surface area contributed by atoms with E-state index in [9.17, 15) is 0 Å². The molecule has 0 spiro atoms. The molecule has 0 radical (unpaired) electrons. The van der Waals surface area contributed by atoms with Gasteiger partial charge in [-0.3, -0.25) is 0 Å². The van der Waals surface area contributed by atoms with Gasteiger partial charge in [0, 0.05) is 0 Å². The summed E-state index contributed by atoms with van der Waals surface area (Å²) in [7, 11) is 0. The zero-order valence-corrected chi connectivity index (χ0v) is 24.0. The molecule has 0 bridgehead atoms. The third-order valence-electron chi connectivity index (χ3n) is 6.25. The van der Waals surface area contributed by atoms with Gasteiger partial charge in [0.2, 0.25) is 0 Å². The topological polar surface area (TPSA) is 27.7 Å². The molecule has 0 saturated heterocycles. The van der Waals surface area contributed by atoms with Gasteiger partial charge in [0.1, 0.15) is 0 Å². The van der Waals surface area contributed by atoms with Crippen molar-refractivity contribution in [3.63, 3.8) is 0 Å². The monoisotopic (exact) mass is 546 g/mol. The zero-order valence-electron chi connectivity index (χ0n) is 20.3. The first-order valence-corrected chi connectivity index (χ1v) is 23.2. The molecular formula is C25H46O3SSn. The van der Waals surface area contributed by atoms with Crippen LogP contribution >= 0.6 is 11.3 Å². The Morgan fingerprint density at radius 2 is 1.50 bits per heavy atom. The predicted octanol–water partition coefficient (Wildman–Crippen LogP) is 7.40. The molecule has 0 aromatic carbocycles. The summed E-state index contributed by atoms with van der Waals surface area (Å²) in [6.45, 7) is 7.53. The average Bonchev–Trinajstić information content (AvgIpc) is 3.06. The molecule has 0 aliphatic carbocycles. The zero-order chi connectivity index (χ0) is 21.9. The van der Waals surface area contributed by atoms with Gasteiger partial charge in [0.15, 0.2) is 0 Å². The van der Waals surface area contributed by atoms with Crippen LogP contribution in [0.4, 0.5) is 0 Å². The van der Waals surface area contributed by atoms with E-state index in [-0.39, 0.29) is 5.41 Å². The van der Waals surface area contributed by atoms with Crippen LogP contribution in [0, 0.1) is 5.41 Å². The maximum atomic E-state index is 6.37. The average molecular weight is 545 g/mol. The van der Waals surface area contributed by atoms with E-state index in [4.69, 9.17) is 14.2 Å². The first kappa shape index (κ1) is 26.3. The number of unbranched alkanes of at least 4 members (excludes halogenated alkanes) is 9. The van der Waals surface area contributed by atoms with Gasteiger partial charge in [0.25, 0.3) is 0 Å². The first-order chi connectivity index (χ1) is 14.4. The van der Waals surface area contributed by atoms with Crippen molar-refractivity contribution in [1.29, 1.82) is 0 Å². The number of ether oxygens (including phenoxy) is 3. The van der Waals surface area contributed by atoms with Crippen LogP contribution in [0.15, 0.2) is 5.38 Å². The molecule has 0 amide bonds. The normalized spacial score (nSPS) is 19.1. The molecule has 1 aliphatic heterocycles. The van der Waals surface area contributed by atoms with Crippen molar-refractivity contribution in [2.75, 3.05) is 26.4 Å². The Bertz CT molecular complexity index is 596. The fourth-order valence-electron chi connectivity index (χ4n) is 3.95. The summed E-state index contributed by atoms with van der Waals surface area (Å²) in [5.41, 5.74) is -0.0279. The third kappa shape index (κ3) is 8.54. The molecule has 1 aliphatic rings. The Kier molecular flexibility index (Phi) is 11.9. The van der Waals surface area contributed by atoms with Crippen LogP contribution in [0.3, 0.4) is 0 Å². The van der Waals surface area contributed by atoms with Crippen LogP contribution in [0.25, 0.3) is 0 Å². The standard InChI is InChI=1S/C22H37O3S.3CH3.Sn/c1-3-5-6-7-8-9-10-11-12-13-14-23-17-22(4-2)18-24-20-15-26-16-21(20)25-19-22;;;;/h15H,3-14,17-19H2,1-2H3;3*1H3;. The molecule has 1 aromatic rings. The van der Waals surface area contributed by atoms with Gasteiger partial charge in [-0.05, 0) is 0 Å². The van der Waals surface area contributed by atoms with E-state index in [0.29, 0.717) is 13.2 Å². The van der Waals surface area contributed by atoms with Crippen molar-refractivity contribution in [3.8, 4) is 11.5 Å². The Labute approximate surface area is 194 Å². The molecule has 2 heterocycles. The Morgan fingerprint density at radius 3 is 2.10 bits per heavy atom. The molecule has 0 fully saturated rings. The molecule has 30 heavy (non-hydrogen) atoms. The van der Waals surface area contributed by atoms with Gasteiger partial charge in [-0.25, -0.2) is 0 Å². The number of fused-ring (bicyclic) bond motifs is 1. The van der Waals surface area contributed by atoms with E-state index < -0.39 is 18.4 Å². The molecule has 0 saturated carbocycles. The molecular weight excluding hydrogens is 499 g/mol. The molecule has 5 heteroatoms. The Balaban J connectivity index is 1.63. The number of hydrogen-bond acceptors (Lipinski definition) is 4. The molecule has 174 valence electrons. The second-order valence-electron chi connectivity index (χ2n) is 10.2. The SMILES string of the molecule is CCCCCCCCCCCCOCC1(CC)COc2cs[c]([Sn]([CH3])([CH3])[CH3])c2OC1. The summed E-state index contributed by atoms with van der Waals surface area (Å²) in [5.74, 6) is 2.01. The summed E-state index contributed by atoms with van der Waals surface area (Å²) in [5, 5.41) is 2.16. The van der Waals surface area contributed by atoms with Gasteiger partial charge in [0.05, 0.1) is 0 Å². The molecule has 1 atom stereocenters. The first-order valence-electron chi connectivity index (χ1n) is 12.4. The van der Waals surface area contributed by atoms with E-state index in [1.54, 1.807) is 0 Å². The summed E-state index contributed by atoms with van der Waals surface area (Å²) < 4.78 is 20.2. The number of rotatable bonds is 15.